The van der Waals surface area contributed by atoms with Crippen molar-refractivity contribution in [3.8, 4) is 5.75 Å². The molecule has 0 bridgehead atoms. The van der Waals surface area contributed by atoms with Crippen molar-refractivity contribution in [2.24, 2.45) is 0 Å². The fraction of sp³-hybridized carbons (Fsp3) is 0.214. The molecule has 0 saturated carbocycles. The minimum Gasteiger partial charge on any atom is -0.490 e. The van der Waals surface area contributed by atoms with E-state index in [2.05, 4.69) is 10.2 Å². The number of carbonyl (C=O) groups excluding carboxylic acids is 1. The fourth-order valence-corrected chi connectivity index (χ4v) is 2.65. The van der Waals surface area contributed by atoms with E-state index in [-0.39, 0.29) is 5.91 Å². The van der Waals surface area contributed by atoms with Crippen molar-refractivity contribution < 1.29 is 9.53 Å². The molecule has 0 spiro atoms. The minimum absolute atomic E-state index is 0.0747. The van der Waals surface area contributed by atoms with Crippen LogP contribution in [-0.4, -0.2) is 26.1 Å². The number of anilines is 2. The molecule has 19 heavy (non-hydrogen) atoms. The highest BCUT2D eigenvalue weighted by atomic mass is 32.1. The summed E-state index contributed by atoms with van der Waals surface area (Å²) in [4.78, 5) is 14.8. The summed E-state index contributed by atoms with van der Waals surface area (Å²) in [7, 11) is 2.02. The van der Waals surface area contributed by atoms with Crippen LogP contribution in [0.3, 0.4) is 0 Å². The number of hydrogen-bond donors (Lipinski definition) is 1. The zero-order valence-electron chi connectivity index (χ0n) is 10.6. The van der Waals surface area contributed by atoms with E-state index in [0.29, 0.717) is 11.5 Å². The van der Waals surface area contributed by atoms with Crippen LogP contribution in [0.2, 0.25) is 0 Å². The Morgan fingerprint density at radius 2 is 2.32 bits per heavy atom. The first-order valence-corrected chi connectivity index (χ1v) is 6.95. The lowest BCUT2D eigenvalue weighted by molar-refractivity contribution is 0.103. The Kier molecular flexibility index (Phi) is 3.13. The number of ether oxygens (including phenoxy) is 1. The molecule has 0 atom stereocenters. The van der Waals surface area contributed by atoms with Crippen molar-refractivity contribution in [1.29, 1.82) is 0 Å². The van der Waals surface area contributed by atoms with Crippen molar-refractivity contribution in [3.63, 3.8) is 0 Å². The number of likely N-dealkylation sites (N-methyl/N-ethyl adjacent to an activating group) is 1. The van der Waals surface area contributed by atoms with Crippen molar-refractivity contribution in [2.75, 3.05) is 30.4 Å². The smallest absolute Gasteiger partial charge is 0.265 e. The standard InChI is InChI=1S/C14H14N2O2S/c1-16-6-7-18-12-5-4-10(9-11(12)16)15-14(17)13-3-2-8-19-13/h2-5,8-9H,6-7H2,1H3,(H,15,17). The van der Waals surface area contributed by atoms with Crippen LogP contribution in [0.25, 0.3) is 0 Å². The van der Waals surface area contributed by atoms with E-state index in [4.69, 9.17) is 4.74 Å². The van der Waals surface area contributed by atoms with Gasteiger partial charge < -0.3 is 15.0 Å². The summed E-state index contributed by atoms with van der Waals surface area (Å²) in [5, 5.41) is 4.80. The summed E-state index contributed by atoms with van der Waals surface area (Å²) in [5.74, 6) is 0.789. The lowest BCUT2D eigenvalue weighted by atomic mass is 10.2. The highest BCUT2D eigenvalue weighted by Crippen LogP contribution is 2.33. The quantitative estimate of drug-likeness (QED) is 0.915. The fourth-order valence-electron chi connectivity index (χ4n) is 2.03. The first-order valence-electron chi connectivity index (χ1n) is 6.07. The number of nitrogens with one attached hydrogen (secondary N) is 1. The highest BCUT2D eigenvalue weighted by molar-refractivity contribution is 7.12. The van der Waals surface area contributed by atoms with Gasteiger partial charge >= 0.3 is 0 Å². The van der Waals surface area contributed by atoms with Crippen molar-refractivity contribution in [1.82, 2.24) is 0 Å². The van der Waals surface area contributed by atoms with E-state index in [1.165, 1.54) is 11.3 Å². The first-order chi connectivity index (χ1) is 9.24. The van der Waals surface area contributed by atoms with Gasteiger partial charge in [0, 0.05) is 12.7 Å². The van der Waals surface area contributed by atoms with Crippen LogP contribution >= 0.6 is 11.3 Å². The molecule has 0 saturated heterocycles. The number of fused-ring (bicyclic) bond motifs is 1. The zero-order chi connectivity index (χ0) is 13.2. The molecule has 3 rings (SSSR count). The van der Waals surface area contributed by atoms with Gasteiger partial charge in [-0.25, -0.2) is 0 Å². The van der Waals surface area contributed by atoms with Gasteiger partial charge in [0.15, 0.2) is 0 Å². The van der Waals surface area contributed by atoms with E-state index in [9.17, 15) is 4.79 Å². The van der Waals surface area contributed by atoms with Gasteiger partial charge in [0.25, 0.3) is 5.91 Å². The lowest BCUT2D eigenvalue weighted by Crippen LogP contribution is -2.28. The topological polar surface area (TPSA) is 41.6 Å². The first kappa shape index (κ1) is 12.0. The Hall–Kier alpha value is -2.01. The number of nitrogens with zero attached hydrogens (tertiary/aromatic N) is 1. The third-order valence-electron chi connectivity index (χ3n) is 3.06. The molecule has 0 radical (unpaired) electrons. The molecule has 1 N–H and O–H groups in total. The molecule has 4 nitrogen and oxygen atoms in total. The van der Waals surface area contributed by atoms with Crippen LogP contribution < -0.4 is 15.0 Å². The number of carbonyl (C=O) groups is 1. The summed E-state index contributed by atoms with van der Waals surface area (Å²) >= 11 is 1.43. The third-order valence-corrected chi connectivity index (χ3v) is 3.93. The molecule has 2 aromatic rings. The minimum atomic E-state index is -0.0747. The van der Waals surface area contributed by atoms with Crippen molar-refractivity contribution in [2.45, 2.75) is 0 Å². The SMILES string of the molecule is CN1CCOc2ccc(NC(=O)c3cccs3)cc21. The Morgan fingerprint density at radius 3 is 3.11 bits per heavy atom. The molecule has 2 heterocycles. The van der Waals surface area contributed by atoms with Gasteiger partial charge in [-0.15, -0.1) is 11.3 Å². The third kappa shape index (κ3) is 2.42. The largest absolute Gasteiger partial charge is 0.490 e. The maximum Gasteiger partial charge on any atom is 0.265 e. The second-order valence-electron chi connectivity index (χ2n) is 4.38. The summed E-state index contributed by atoms with van der Waals surface area (Å²) < 4.78 is 5.57. The molecular formula is C14H14N2O2S. The normalized spacial score (nSPS) is 13.6. The molecule has 0 unspecified atom stereocenters. The summed E-state index contributed by atoms with van der Waals surface area (Å²) in [6, 6.07) is 9.39. The monoisotopic (exact) mass is 274 g/mol. The van der Waals surface area contributed by atoms with Gasteiger partial charge in [-0.05, 0) is 29.6 Å². The second kappa shape index (κ2) is 4.93. The Labute approximate surface area is 115 Å². The average Bonchev–Trinajstić information content (AvgIpc) is 2.94. The van der Waals surface area contributed by atoms with Crippen LogP contribution in [0.15, 0.2) is 35.7 Å². The van der Waals surface area contributed by atoms with E-state index in [1.54, 1.807) is 0 Å². The lowest BCUT2D eigenvalue weighted by Gasteiger charge is -2.28. The molecule has 1 amide bonds. The second-order valence-corrected chi connectivity index (χ2v) is 5.33. The Morgan fingerprint density at radius 1 is 1.42 bits per heavy atom. The van der Waals surface area contributed by atoms with Gasteiger partial charge in [-0.2, -0.15) is 0 Å². The summed E-state index contributed by atoms with van der Waals surface area (Å²) in [5.41, 5.74) is 1.80. The van der Waals surface area contributed by atoms with Crippen LogP contribution in [0.1, 0.15) is 9.67 Å². The number of hydrogen-bond acceptors (Lipinski definition) is 4. The molecule has 5 heteroatoms. The molecule has 1 aliphatic rings. The Bertz CT molecular complexity index is 595. The summed E-state index contributed by atoms with van der Waals surface area (Å²) in [6.07, 6.45) is 0. The number of benzene rings is 1. The van der Waals surface area contributed by atoms with Gasteiger partial charge in [-0.3, -0.25) is 4.79 Å². The maximum absolute atomic E-state index is 12.0. The van der Waals surface area contributed by atoms with Gasteiger partial charge in [-0.1, -0.05) is 6.07 Å². The zero-order valence-corrected chi connectivity index (χ0v) is 11.4. The Balaban J connectivity index is 1.82. The maximum atomic E-state index is 12.0. The summed E-state index contributed by atoms with van der Waals surface area (Å²) in [6.45, 7) is 1.56. The van der Waals surface area contributed by atoms with Gasteiger partial charge in [0.1, 0.15) is 12.4 Å². The average molecular weight is 274 g/mol. The van der Waals surface area contributed by atoms with Crippen LogP contribution in [-0.2, 0) is 0 Å². The van der Waals surface area contributed by atoms with Crippen LogP contribution in [0.4, 0.5) is 11.4 Å². The van der Waals surface area contributed by atoms with E-state index in [1.807, 2.05) is 42.8 Å². The molecule has 0 aliphatic carbocycles. The number of amides is 1. The predicted octanol–water partition coefficient (Wildman–Crippen LogP) is 2.83. The van der Waals surface area contributed by atoms with Crippen molar-refractivity contribution >= 4 is 28.6 Å². The predicted molar refractivity (Wildman–Crippen MR) is 77.5 cm³/mol. The number of rotatable bonds is 2. The van der Waals surface area contributed by atoms with Crippen molar-refractivity contribution in [3.05, 3.63) is 40.6 Å². The molecule has 1 aromatic carbocycles. The van der Waals surface area contributed by atoms with E-state index in [0.717, 1.165) is 23.7 Å². The van der Waals surface area contributed by atoms with Crippen LogP contribution in [0.5, 0.6) is 5.75 Å². The van der Waals surface area contributed by atoms with E-state index >= 15 is 0 Å². The molecular weight excluding hydrogens is 260 g/mol. The molecule has 1 aliphatic heterocycles. The van der Waals surface area contributed by atoms with E-state index < -0.39 is 0 Å². The van der Waals surface area contributed by atoms with Gasteiger partial charge in [0.2, 0.25) is 0 Å². The van der Waals surface area contributed by atoms with Crippen LogP contribution in [0, 0.1) is 0 Å². The van der Waals surface area contributed by atoms with Gasteiger partial charge in [0.05, 0.1) is 17.1 Å². The molecule has 0 fully saturated rings. The molecule has 1 aromatic heterocycles. The highest BCUT2D eigenvalue weighted by Gasteiger charge is 2.16. The molecule has 98 valence electrons. The number of thiophene rings is 1.